The highest BCUT2D eigenvalue weighted by Gasteiger charge is 2.34. The Morgan fingerprint density at radius 1 is 1.16 bits per heavy atom. The smallest absolute Gasteiger partial charge is 0.417 e. The fraction of sp³-hybridized carbons (Fsp3) is 0.143. The number of rotatable bonds is 2. The summed E-state index contributed by atoms with van der Waals surface area (Å²) in [6.45, 7) is 0. The molecule has 0 bridgehead atoms. The minimum Gasteiger partial charge on any atom is -0.496 e. The molecule has 0 aliphatic carbocycles. The second-order valence-electron chi connectivity index (χ2n) is 3.81. The third-order valence-electron chi connectivity index (χ3n) is 2.62. The van der Waals surface area contributed by atoms with Gasteiger partial charge in [0.25, 0.3) is 0 Å². The van der Waals surface area contributed by atoms with Crippen molar-refractivity contribution in [1.29, 1.82) is 0 Å². The lowest BCUT2D eigenvalue weighted by Gasteiger charge is -2.15. The monoisotopic (exact) mass is 329 g/mol. The first-order valence-electron chi connectivity index (χ1n) is 5.35. The summed E-state index contributed by atoms with van der Waals surface area (Å²) in [4.78, 5) is 0. The molecule has 0 amide bonds. The third-order valence-corrected chi connectivity index (χ3v) is 3.08. The van der Waals surface area contributed by atoms with Crippen LogP contribution in [-0.4, -0.2) is 7.11 Å². The Kier molecular flexibility index (Phi) is 3.85. The lowest BCUT2D eigenvalue weighted by Crippen LogP contribution is -2.07. The molecule has 0 aliphatic heterocycles. The van der Waals surface area contributed by atoms with E-state index in [4.69, 9.17) is 4.74 Å². The van der Waals surface area contributed by atoms with Gasteiger partial charge in [-0.05, 0) is 29.8 Å². The number of ether oxygens (including phenoxy) is 1. The summed E-state index contributed by atoms with van der Waals surface area (Å²) in [5.74, 6) is 0.395. The topological polar surface area (TPSA) is 9.23 Å². The zero-order valence-corrected chi connectivity index (χ0v) is 11.5. The van der Waals surface area contributed by atoms with Crippen LogP contribution in [0.15, 0.2) is 40.9 Å². The van der Waals surface area contributed by atoms with Gasteiger partial charge in [0.1, 0.15) is 5.75 Å². The van der Waals surface area contributed by atoms with Gasteiger partial charge >= 0.3 is 6.18 Å². The van der Waals surface area contributed by atoms with Crippen LogP contribution in [0.2, 0.25) is 0 Å². The molecule has 0 atom stereocenters. The first kappa shape index (κ1) is 13.9. The zero-order chi connectivity index (χ0) is 14.0. The number of hydrogen-bond acceptors (Lipinski definition) is 1. The molecule has 1 radical (unpaired) electrons. The van der Waals surface area contributed by atoms with Gasteiger partial charge in [-0.2, -0.15) is 13.2 Å². The van der Waals surface area contributed by atoms with Crippen LogP contribution in [0.25, 0.3) is 11.1 Å². The Labute approximate surface area is 117 Å². The van der Waals surface area contributed by atoms with E-state index in [1.54, 1.807) is 24.3 Å². The zero-order valence-electron chi connectivity index (χ0n) is 9.88. The van der Waals surface area contributed by atoms with E-state index in [0.29, 0.717) is 15.8 Å². The van der Waals surface area contributed by atoms with Gasteiger partial charge in [-0.15, -0.1) is 0 Å². The van der Waals surface area contributed by atoms with Crippen molar-refractivity contribution >= 4 is 15.9 Å². The van der Waals surface area contributed by atoms with E-state index in [0.717, 1.165) is 6.07 Å². The van der Waals surface area contributed by atoms with Gasteiger partial charge in [-0.1, -0.05) is 34.1 Å². The summed E-state index contributed by atoms with van der Waals surface area (Å²) in [7, 11) is 1.43. The predicted molar refractivity (Wildman–Crippen MR) is 70.0 cm³/mol. The predicted octanol–water partition coefficient (Wildman–Crippen LogP) is 4.94. The Balaban J connectivity index is 2.70. The van der Waals surface area contributed by atoms with Gasteiger partial charge in [0, 0.05) is 10.0 Å². The van der Waals surface area contributed by atoms with Gasteiger partial charge in [0.15, 0.2) is 0 Å². The van der Waals surface area contributed by atoms with Crippen LogP contribution in [0.4, 0.5) is 13.2 Å². The third kappa shape index (κ3) is 2.92. The highest BCUT2D eigenvalue weighted by atomic mass is 79.9. The number of methoxy groups -OCH3 is 1. The second-order valence-corrected chi connectivity index (χ2v) is 4.66. The van der Waals surface area contributed by atoms with E-state index >= 15 is 0 Å². The van der Waals surface area contributed by atoms with E-state index in [-0.39, 0.29) is 5.56 Å². The summed E-state index contributed by atoms with van der Waals surface area (Å²) < 4.78 is 44.6. The molecule has 0 fully saturated rings. The molecule has 0 spiro atoms. The van der Waals surface area contributed by atoms with E-state index < -0.39 is 11.7 Å². The normalized spacial score (nSPS) is 11.4. The number of halogens is 4. The maximum absolute atomic E-state index is 13.0. The standard InChI is InChI=1S/C14H9BrF3O/c1-19-13-5-3-2-4-10(13)11-8-9(15)6-7-12(11)14(16,17)18/h2-5,7-8H,1H3. The van der Waals surface area contributed by atoms with Crippen molar-refractivity contribution < 1.29 is 17.9 Å². The van der Waals surface area contributed by atoms with Crippen LogP contribution >= 0.6 is 15.9 Å². The molecule has 0 saturated heterocycles. The van der Waals surface area contributed by atoms with Crippen LogP contribution in [0.5, 0.6) is 5.75 Å². The number of para-hydroxylation sites is 1. The first-order chi connectivity index (χ1) is 8.93. The van der Waals surface area contributed by atoms with Gasteiger partial charge in [0.2, 0.25) is 0 Å². The minimum atomic E-state index is -4.44. The highest BCUT2D eigenvalue weighted by molar-refractivity contribution is 9.10. The van der Waals surface area contributed by atoms with Crippen LogP contribution < -0.4 is 4.74 Å². The van der Waals surface area contributed by atoms with E-state index in [1.807, 2.05) is 0 Å². The maximum atomic E-state index is 13.0. The lowest BCUT2D eigenvalue weighted by molar-refractivity contribution is -0.137. The molecule has 0 saturated carbocycles. The number of benzene rings is 2. The van der Waals surface area contributed by atoms with Crippen LogP contribution in [0, 0.1) is 6.07 Å². The van der Waals surface area contributed by atoms with E-state index in [2.05, 4.69) is 22.0 Å². The summed E-state index contributed by atoms with van der Waals surface area (Å²) in [5.41, 5.74) is -0.275. The van der Waals surface area contributed by atoms with Crippen molar-refractivity contribution in [3.05, 3.63) is 52.5 Å². The molecule has 2 rings (SSSR count). The SMILES string of the molecule is COc1ccccc1-c1cc(Br)[c]cc1C(F)(F)F. The molecule has 2 aromatic carbocycles. The van der Waals surface area contributed by atoms with Crippen molar-refractivity contribution in [3.63, 3.8) is 0 Å². The Bertz CT molecular complexity index is 593. The molecule has 0 aliphatic rings. The van der Waals surface area contributed by atoms with Crippen molar-refractivity contribution in [2.24, 2.45) is 0 Å². The molecular weight excluding hydrogens is 321 g/mol. The Morgan fingerprint density at radius 3 is 2.47 bits per heavy atom. The Hall–Kier alpha value is -1.49. The first-order valence-corrected chi connectivity index (χ1v) is 6.14. The van der Waals surface area contributed by atoms with E-state index in [9.17, 15) is 13.2 Å². The van der Waals surface area contributed by atoms with Gasteiger partial charge in [-0.3, -0.25) is 0 Å². The number of alkyl halides is 3. The molecule has 2 aromatic rings. The molecule has 99 valence electrons. The molecule has 5 heteroatoms. The van der Waals surface area contributed by atoms with Crippen molar-refractivity contribution in [1.82, 2.24) is 0 Å². The van der Waals surface area contributed by atoms with Gasteiger partial charge in [0.05, 0.1) is 12.7 Å². The van der Waals surface area contributed by atoms with Gasteiger partial charge in [-0.25, -0.2) is 0 Å². The van der Waals surface area contributed by atoms with Crippen LogP contribution in [0.3, 0.4) is 0 Å². The summed E-state index contributed by atoms with van der Waals surface area (Å²) >= 11 is 3.14. The summed E-state index contributed by atoms with van der Waals surface area (Å²) in [6, 6.07) is 11.4. The number of hydrogen-bond donors (Lipinski definition) is 0. The molecule has 0 unspecified atom stereocenters. The average molecular weight is 330 g/mol. The molecule has 1 nitrogen and oxygen atoms in total. The van der Waals surface area contributed by atoms with Gasteiger partial charge < -0.3 is 4.74 Å². The fourth-order valence-corrected chi connectivity index (χ4v) is 2.13. The molecule has 0 heterocycles. The largest absolute Gasteiger partial charge is 0.496 e. The Morgan fingerprint density at radius 2 is 1.84 bits per heavy atom. The van der Waals surface area contributed by atoms with E-state index in [1.165, 1.54) is 13.2 Å². The average Bonchev–Trinajstić information content (AvgIpc) is 2.37. The summed E-state index contributed by atoms with van der Waals surface area (Å²) in [6.07, 6.45) is -4.44. The molecule has 0 aromatic heterocycles. The lowest BCUT2D eigenvalue weighted by atomic mass is 9.98. The molecular formula is C14H9BrF3O. The second kappa shape index (κ2) is 5.25. The van der Waals surface area contributed by atoms with Crippen molar-refractivity contribution in [2.45, 2.75) is 6.18 Å². The summed E-state index contributed by atoms with van der Waals surface area (Å²) in [5, 5.41) is 0. The highest BCUT2D eigenvalue weighted by Crippen LogP contribution is 2.41. The van der Waals surface area contributed by atoms with Crippen LogP contribution in [-0.2, 0) is 6.18 Å². The van der Waals surface area contributed by atoms with Crippen molar-refractivity contribution in [2.75, 3.05) is 7.11 Å². The minimum absolute atomic E-state index is 0.0653. The van der Waals surface area contributed by atoms with Crippen molar-refractivity contribution in [3.8, 4) is 16.9 Å². The molecule has 0 N–H and O–H groups in total. The quantitative estimate of drug-likeness (QED) is 0.758. The van der Waals surface area contributed by atoms with Crippen LogP contribution in [0.1, 0.15) is 5.56 Å². The fourth-order valence-electron chi connectivity index (χ4n) is 1.79. The maximum Gasteiger partial charge on any atom is 0.417 e. The molecule has 19 heavy (non-hydrogen) atoms.